The van der Waals surface area contributed by atoms with Gasteiger partial charge in [-0.15, -0.1) is 0 Å². The number of carboxylic acids is 1. The molecule has 116 valence electrons. The number of hydrogen-bond acceptors (Lipinski definition) is 4. The van der Waals surface area contributed by atoms with Crippen molar-refractivity contribution in [2.45, 2.75) is 39.0 Å². The van der Waals surface area contributed by atoms with Crippen LogP contribution in [0, 0.1) is 5.92 Å². The highest BCUT2D eigenvalue weighted by molar-refractivity contribution is 5.89. The summed E-state index contributed by atoms with van der Waals surface area (Å²) in [5.41, 5.74) is 1.79. The molecule has 22 heavy (non-hydrogen) atoms. The average Bonchev–Trinajstić information content (AvgIpc) is 2.45. The molecule has 3 rings (SSSR count). The number of aromatic hydroxyl groups is 1. The molecule has 0 aliphatic heterocycles. The second-order valence-corrected chi connectivity index (χ2v) is 6.17. The summed E-state index contributed by atoms with van der Waals surface area (Å²) in [5.74, 6) is -1.35. The van der Waals surface area contributed by atoms with Crippen LogP contribution >= 0.6 is 0 Å². The van der Waals surface area contributed by atoms with E-state index in [0.29, 0.717) is 28.9 Å². The molecular formula is C17H18O5. The van der Waals surface area contributed by atoms with Crippen molar-refractivity contribution < 1.29 is 19.4 Å². The second-order valence-electron chi connectivity index (χ2n) is 6.17. The lowest BCUT2D eigenvalue weighted by molar-refractivity contribution is -0.138. The third-order valence-electron chi connectivity index (χ3n) is 4.53. The summed E-state index contributed by atoms with van der Waals surface area (Å²) in [4.78, 5) is 23.3. The van der Waals surface area contributed by atoms with Gasteiger partial charge in [0, 0.05) is 5.56 Å². The van der Waals surface area contributed by atoms with E-state index < -0.39 is 11.9 Å². The van der Waals surface area contributed by atoms with Crippen LogP contribution < -0.4 is 5.63 Å². The number of rotatable bonds is 2. The van der Waals surface area contributed by atoms with Crippen molar-refractivity contribution in [2.24, 2.45) is 5.92 Å². The van der Waals surface area contributed by atoms with Gasteiger partial charge in [-0.1, -0.05) is 6.92 Å². The maximum absolute atomic E-state index is 12.1. The highest BCUT2D eigenvalue weighted by Gasteiger charge is 2.25. The summed E-state index contributed by atoms with van der Waals surface area (Å²) in [5, 5.41) is 20.0. The van der Waals surface area contributed by atoms with E-state index in [1.807, 2.05) is 0 Å². The third-order valence-corrected chi connectivity index (χ3v) is 4.53. The first-order chi connectivity index (χ1) is 10.4. The maximum atomic E-state index is 12.1. The van der Waals surface area contributed by atoms with Crippen molar-refractivity contribution in [1.29, 1.82) is 0 Å². The Labute approximate surface area is 127 Å². The first-order valence-corrected chi connectivity index (χ1v) is 7.42. The van der Waals surface area contributed by atoms with E-state index in [1.165, 1.54) is 13.0 Å². The van der Waals surface area contributed by atoms with Crippen LogP contribution in [0.4, 0.5) is 0 Å². The monoisotopic (exact) mass is 302 g/mol. The smallest absolute Gasteiger partial charge is 0.339 e. The fourth-order valence-electron chi connectivity index (χ4n) is 3.15. The van der Waals surface area contributed by atoms with E-state index in [2.05, 4.69) is 6.92 Å². The summed E-state index contributed by atoms with van der Waals surface area (Å²) in [6.07, 6.45) is 2.30. The average molecular weight is 302 g/mol. The van der Waals surface area contributed by atoms with Gasteiger partial charge in [0.05, 0.1) is 11.3 Å². The maximum Gasteiger partial charge on any atom is 0.339 e. The Bertz CT molecular complexity index is 818. The number of aliphatic carboxylic acids is 1. The highest BCUT2D eigenvalue weighted by atomic mass is 16.4. The number of phenolic OH excluding ortho intramolecular Hbond substituents is 1. The number of hydrogen-bond donors (Lipinski definition) is 2. The summed E-state index contributed by atoms with van der Waals surface area (Å²) < 4.78 is 5.34. The van der Waals surface area contributed by atoms with E-state index in [9.17, 15) is 14.7 Å². The molecule has 1 aromatic carbocycles. The fourth-order valence-corrected chi connectivity index (χ4v) is 3.15. The second kappa shape index (κ2) is 5.16. The van der Waals surface area contributed by atoms with Gasteiger partial charge in [-0.25, -0.2) is 4.79 Å². The van der Waals surface area contributed by atoms with E-state index in [1.54, 1.807) is 6.07 Å². The van der Waals surface area contributed by atoms with Gasteiger partial charge < -0.3 is 14.6 Å². The van der Waals surface area contributed by atoms with Crippen molar-refractivity contribution in [2.75, 3.05) is 0 Å². The lowest BCUT2D eigenvalue weighted by atomic mass is 9.83. The molecule has 0 saturated carbocycles. The standard InChI is InChI=1S/C17H18O5/c1-8-3-4-11-12(5-8)15-13(18)6-10(9(2)16(19)20)7-14(15)22-17(11)21/h6-9,18H,3-5H2,1-2H3,(H,19,20). The summed E-state index contributed by atoms with van der Waals surface area (Å²) in [7, 11) is 0. The molecule has 1 aromatic heterocycles. The Kier molecular flexibility index (Phi) is 3.43. The van der Waals surface area contributed by atoms with Crippen LogP contribution in [-0.4, -0.2) is 16.2 Å². The lowest BCUT2D eigenvalue weighted by Gasteiger charge is -2.22. The molecule has 0 spiro atoms. The quantitative estimate of drug-likeness (QED) is 0.833. The molecule has 0 saturated heterocycles. The van der Waals surface area contributed by atoms with E-state index in [0.717, 1.165) is 18.4 Å². The summed E-state index contributed by atoms with van der Waals surface area (Å²) >= 11 is 0. The predicted molar refractivity (Wildman–Crippen MR) is 81.4 cm³/mol. The lowest BCUT2D eigenvalue weighted by Crippen LogP contribution is -2.20. The summed E-state index contributed by atoms with van der Waals surface area (Å²) in [6, 6.07) is 3.01. The largest absolute Gasteiger partial charge is 0.507 e. The number of fused-ring (bicyclic) bond motifs is 3. The first-order valence-electron chi connectivity index (χ1n) is 7.42. The Morgan fingerprint density at radius 2 is 2.09 bits per heavy atom. The predicted octanol–water partition coefficient (Wildman–Crippen LogP) is 2.81. The van der Waals surface area contributed by atoms with Gasteiger partial charge in [-0.3, -0.25) is 4.79 Å². The normalized spacial score (nSPS) is 18.9. The van der Waals surface area contributed by atoms with Gasteiger partial charge in [-0.2, -0.15) is 0 Å². The molecule has 2 N–H and O–H groups in total. The number of carbonyl (C=O) groups is 1. The third kappa shape index (κ3) is 2.26. The Morgan fingerprint density at radius 1 is 1.36 bits per heavy atom. The Hall–Kier alpha value is -2.30. The SMILES string of the molecule is CC1CCc2c(c3c(O)cc(C(C)C(=O)O)cc3oc2=O)C1. The molecule has 1 heterocycles. The minimum atomic E-state index is -0.993. The molecule has 0 bridgehead atoms. The van der Waals surface area contributed by atoms with Crippen LogP contribution in [0.3, 0.4) is 0 Å². The molecule has 1 aliphatic rings. The zero-order chi connectivity index (χ0) is 16.0. The molecule has 0 fully saturated rings. The van der Waals surface area contributed by atoms with Crippen LogP contribution in [-0.2, 0) is 17.6 Å². The van der Waals surface area contributed by atoms with Crippen LogP contribution in [0.1, 0.15) is 42.9 Å². The van der Waals surface area contributed by atoms with E-state index in [-0.39, 0.29) is 17.0 Å². The van der Waals surface area contributed by atoms with E-state index in [4.69, 9.17) is 9.52 Å². The Morgan fingerprint density at radius 3 is 2.77 bits per heavy atom. The topological polar surface area (TPSA) is 87.7 Å². The van der Waals surface area contributed by atoms with Crippen LogP contribution in [0.5, 0.6) is 5.75 Å². The van der Waals surface area contributed by atoms with Crippen molar-refractivity contribution >= 4 is 16.9 Å². The number of benzene rings is 1. The Balaban J connectivity index is 2.29. The molecule has 5 nitrogen and oxygen atoms in total. The number of phenols is 1. The van der Waals surface area contributed by atoms with Crippen molar-refractivity contribution in [1.82, 2.24) is 0 Å². The van der Waals surface area contributed by atoms with Gasteiger partial charge in [0.2, 0.25) is 0 Å². The molecule has 5 heteroatoms. The van der Waals surface area contributed by atoms with Gasteiger partial charge in [-0.05, 0) is 55.4 Å². The zero-order valence-electron chi connectivity index (χ0n) is 12.5. The number of carboxylic acid groups (broad SMARTS) is 1. The molecule has 2 unspecified atom stereocenters. The molecule has 2 aromatic rings. The van der Waals surface area contributed by atoms with Gasteiger partial charge in [0.15, 0.2) is 0 Å². The minimum Gasteiger partial charge on any atom is -0.507 e. The minimum absolute atomic E-state index is 0.0188. The summed E-state index contributed by atoms with van der Waals surface area (Å²) in [6.45, 7) is 3.64. The van der Waals surface area contributed by atoms with Crippen LogP contribution in [0.2, 0.25) is 0 Å². The first kappa shape index (κ1) is 14.6. The van der Waals surface area contributed by atoms with Gasteiger partial charge >= 0.3 is 11.6 Å². The highest BCUT2D eigenvalue weighted by Crippen LogP contribution is 2.36. The molecule has 1 aliphatic carbocycles. The molecule has 0 amide bonds. The molecule has 2 atom stereocenters. The van der Waals surface area contributed by atoms with Gasteiger partial charge in [0.25, 0.3) is 0 Å². The van der Waals surface area contributed by atoms with Crippen molar-refractivity contribution in [3.63, 3.8) is 0 Å². The van der Waals surface area contributed by atoms with E-state index >= 15 is 0 Å². The van der Waals surface area contributed by atoms with Crippen LogP contribution in [0.15, 0.2) is 21.3 Å². The van der Waals surface area contributed by atoms with Crippen molar-refractivity contribution in [3.8, 4) is 5.75 Å². The van der Waals surface area contributed by atoms with Crippen LogP contribution in [0.25, 0.3) is 11.0 Å². The van der Waals surface area contributed by atoms with Gasteiger partial charge in [0.1, 0.15) is 11.3 Å². The molecule has 0 radical (unpaired) electrons. The zero-order valence-corrected chi connectivity index (χ0v) is 12.5. The fraction of sp³-hybridized carbons (Fsp3) is 0.412. The van der Waals surface area contributed by atoms with Crippen molar-refractivity contribution in [3.05, 3.63) is 39.2 Å². The molecular weight excluding hydrogens is 284 g/mol.